The number of hydrogen-bond acceptors (Lipinski definition) is 4. The number of halogens is 1. The highest BCUT2D eigenvalue weighted by Gasteiger charge is 2.40. The molecular weight excluding hydrogens is 250 g/mol. The number of carbonyl (C=O) groups is 2. The van der Waals surface area contributed by atoms with E-state index in [2.05, 4.69) is 0 Å². The third-order valence-corrected chi connectivity index (χ3v) is 2.81. The highest BCUT2D eigenvalue weighted by molar-refractivity contribution is 6.29. The number of carboxylic acids is 1. The number of carboxylic acid groups (broad SMARTS) is 1. The summed E-state index contributed by atoms with van der Waals surface area (Å²) in [5.74, 6) is -1.76. The van der Waals surface area contributed by atoms with Gasteiger partial charge in [-0.1, -0.05) is 0 Å². The summed E-state index contributed by atoms with van der Waals surface area (Å²) in [6, 6.07) is 1.74. The molecule has 1 unspecified atom stereocenters. The SMILES string of the molecule is O=C(O)[C@@H]1CC(O)CN1C(=O)c1ccc(Cl)o1. The zero-order valence-corrected chi connectivity index (χ0v) is 9.42. The first kappa shape index (κ1) is 11.9. The molecule has 1 aliphatic rings. The molecule has 0 saturated carbocycles. The fraction of sp³-hybridized carbons (Fsp3) is 0.400. The summed E-state index contributed by atoms with van der Waals surface area (Å²) in [5, 5.41) is 18.4. The number of aliphatic hydroxyl groups excluding tert-OH is 1. The molecule has 1 fully saturated rings. The first-order valence-corrected chi connectivity index (χ1v) is 5.34. The molecule has 0 aliphatic carbocycles. The van der Waals surface area contributed by atoms with Crippen molar-refractivity contribution in [1.82, 2.24) is 4.90 Å². The zero-order valence-electron chi connectivity index (χ0n) is 8.67. The van der Waals surface area contributed by atoms with Gasteiger partial charge in [0.25, 0.3) is 5.91 Å². The summed E-state index contributed by atoms with van der Waals surface area (Å²) in [6.45, 7) is -0.0197. The molecule has 2 rings (SSSR count). The number of aliphatic hydroxyl groups is 1. The van der Waals surface area contributed by atoms with Crippen molar-refractivity contribution in [1.29, 1.82) is 0 Å². The van der Waals surface area contributed by atoms with E-state index in [1.807, 2.05) is 0 Å². The average Bonchev–Trinajstić information content (AvgIpc) is 2.83. The van der Waals surface area contributed by atoms with Crippen LogP contribution in [0.3, 0.4) is 0 Å². The molecule has 92 valence electrons. The minimum atomic E-state index is -1.15. The Labute approximate surface area is 101 Å². The summed E-state index contributed by atoms with van der Waals surface area (Å²) in [7, 11) is 0. The maximum absolute atomic E-state index is 11.9. The van der Waals surface area contributed by atoms with Gasteiger partial charge >= 0.3 is 5.97 Å². The first-order chi connectivity index (χ1) is 7.99. The van der Waals surface area contributed by atoms with Gasteiger partial charge in [0.15, 0.2) is 11.0 Å². The molecule has 1 aromatic rings. The van der Waals surface area contributed by atoms with Crippen LogP contribution in [-0.4, -0.2) is 45.7 Å². The molecule has 0 bridgehead atoms. The molecule has 0 aromatic carbocycles. The van der Waals surface area contributed by atoms with Gasteiger partial charge in [-0.3, -0.25) is 4.79 Å². The Morgan fingerprint density at radius 3 is 2.71 bits per heavy atom. The Kier molecular flexibility index (Phi) is 3.08. The van der Waals surface area contributed by atoms with Crippen LogP contribution in [0.1, 0.15) is 17.0 Å². The van der Waals surface area contributed by atoms with E-state index in [4.69, 9.17) is 21.1 Å². The Morgan fingerprint density at radius 1 is 1.47 bits per heavy atom. The van der Waals surface area contributed by atoms with Crippen LogP contribution in [0, 0.1) is 0 Å². The van der Waals surface area contributed by atoms with Gasteiger partial charge in [0.2, 0.25) is 0 Å². The van der Waals surface area contributed by atoms with Crippen LogP contribution in [0.2, 0.25) is 5.22 Å². The maximum Gasteiger partial charge on any atom is 0.326 e. The number of furan rings is 1. The standard InChI is InChI=1S/C10H10ClNO5/c11-8-2-1-7(17-8)9(14)12-4-5(13)3-6(12)10(15)16/h1-2,5-6,13H,3-4H2,(H,15,16)/t5?,6-/m0/s1. The number of β-amino-alcohol motifs (C(OH)–C–C–N with tert-alkyl or cyclic N) is 1. The monoisotopic (exact) mass is 259 g/mol. The number of aliphatic carboxylic acids is 1. The van der Waals surface area contributed by atoms with E-state index >= 15 is 0 Å². The Bertz CT molecular complexity index is 457. The summed E-state index contributed by atoms with van der Waals surface area (Å²) in [6.07, 6.45) is -0.805. The Hall–Kier alpha value is -1.53. The minimum absolute atomic E-state index is 0.0197. The van der Waals surface area contributed by atoms with Crippen LogP contribution in [0.5, 0.6) is 0 Å². The molecule has 2 atom stereocenters. The second-order valence-corrected chi connectivity index (χ2v) is 4.18. The van der Waals surface area contributed by atoms with Gasteiger partial charge < -0.3 is 19.5 Å². The predicted molar refractivity (Wildman–Crippen MR) is 56.8 cm³/mol. The lowest BCUT2D eigenvalue weighted by atomic mass is 10.2. The van der Waals surface area contributed by atoms with Gasteiger partial charge in [0.1, 0.15) is 6.04 Å². The molecule has 1 aliphatic heterocycles. The number of hydrogen-bond donors (Lipinski definition) is 2. The molecule has 1 saturated heterocycles. The maximum atomic E-state index is 11.9. The summed E-state index contributed by atoms with van der Waals surface area (Å²) >= 11 is 5.54. The van der Waals surface area contributed by atoms with E-state index in [-0.39, 0.29) is 23.9 Å². The Balaban J connectivity index is 2.21. The predicted octanol–water partition coefficient (Wildman–Crippen LogP) is 0.593. The number of nitrogens with zero attached hydrogens (tertiary/aromatic N) is 1. The van der Waals surface area contributed by atoms with Crippen molar-refractivity contribution in [3.05, 3.63) is 23.1 Å². The smallest absolute Gasteiger partial charge is 0.326 e. The highest BCUT2D eigenvalue weighted by Crippen LogP contribution is 2.22. The van der Waals surface area contributed by atoms with Crippen molar-refractivity contribution < 1.29 is 24.2 Å². The second-order valence-electron chi connectivity index (χ2n) is 3.80. The van der Waals surface area contributed by atoms with E-state index in [0.717, 1.165) is 4.90 Å². The van der Waals surface area contributed by atoms with E-state index in [0.29, 0.717) is 0 Å². The summed E-state index contributed by atoms with van der Waals surface area (Å²) < 4.78 is 4.92. The fourth-order valence-electron chi connectivity index (χ4n) is 1.84. The van der Waals surface area contributed by atoms with Crippen molar-refractivity contribution in [3.63, 3.8) is 0 Å². The molecule has 1 aromatic heterocycles. The molecule has 2 N–H and O–H groups in total. The fourth-order valence-corrected chi connectivity index (χ4v) is 1.99. The van der Waals surface area contributed by atoms with Crippen LogP contribution >= 0.6 is 11.6 Å². The first-order valence-electron chi connectivity index (χ1n) is 4.96. The number of amides is 1. The van der Waals surface area contributed by atoms with Gasteiger partial charge in [0.05, 0.1) is 6.10 Å². The molecule has 6 nitrogen and oxygen atoms in total. The van der Waals surface area contributed by atoms with Gasteiger partial charge in [-0.2, -0.15) is 0 Å². The van der Waals surface area contributed by atoms with Crippen LogP contribution in [-0.2, 0) is 4.79 Å². The van der Waals surface area contributed by atoms with E-state index in [1.165, 1.54) is 12.1 Å². The van der Waals surface area contributed by atoms with Gasteiger partial charge in [-0.05, 0) is 23.7 Å². The van der Waals surface area contributed by atoms with Gasteiger partial charge in [-0.25, -0.2) is 4.79 Å². The molecule has 17 heavy (non-hydrogen) atoms. The van der Waals surface area contributed by atoms with Crippen LogP contribution in [0.15, 0.2) is 16.5 Å². The number of likely N-dealkylation sites (tertiary alicyclic amines) is 1. The van der Waals surface area contributed by atoms with Crippen molar-refractivity contribution in [2.24, 2.45) is 0 Å². The van der Waals surface area contributed by atoms with Crippen molar-refractivity contribution >= 4 is 23.5 Å². The van der Waals surface area contributed by atoms with E-state index < -0.39 is 24.0 Å². The van der Waals surface area contributed by atoms with E-state index in [1.54, 1.807) is 0 Å². The van der Waals surface area contributed by atoms with Crippen molar-refractivity contribution in [3.8, 4) is 0 Å². The van der Waals surface area contributed by atoms with Crippen molar-refractivity contribution in [2.75, 3.05) is 6.54 Å². The Morgan fingerprint density at radius 2 is 2.18 bits per heavy atom. The number of rotatable bonds is 2. The van der Waals surface area contributed by atoms with Gasteiger partial charge in [0, 0.05) is 13.0 Å². The molecule has 7 heteroatoms. The quantitative estimate of drug-likeness (QED) is 0.811. The van der Waals surface area contributed by atoms with Crippen molar-refractivity contribution in [2.45, 2.75) is 18.6 Å². The van der Waals surface area contributed by atoms with Crippen LogP contribution in [0.25, 0.3) is 0 Å². The topological polar surface area (TPSA) is 91.0 Å². The minimum Gasteiger partial charge on any atom is -0.480 e. The summed E-state index contributed by atoms with van der Waals surface area (Å²) in [5.41, 5.74) is 0. The van der Waals surface area contributed by atoms with Crippen LogP contribution in [0.4, 0.5) is 0 Å². The third-order valence-electron chi connectivity index (χ3n) is 2.61. The molecular formula is C10H10ClNO5. The molecule has 0 radical (unpaired) electrons. The lowest BCUT2D eigenvalue weighted by molar-refractivity contribution is -0.141. The number of carbonyl (C=O) groups excluding carboxylic acids is 1. The largest absolute Gasteiger partial charge is 0.480 e. The summed E-state index contributed by atoms with van der Waals surface area (Å²) in [4.78, 5) is 23.9. The normalized spacial score (nSPS) is 24.0. The van der Waals surface area contributed by atoms with Crippen LogP contribution < -0.4 is 0 Å². The highest BCUT2D eigenvalue weighted by atomic mass is 35.5. The molecule has 1 amide bonds. The van der Waals surface area contributed by atoms with Gasteiger partial charge in [-0.15, -0.1) is 0 Å². The second kappa shape index (κ2) is 4.38. The lowest BCUT2D eigenvalue weighted by Gasteiger charge is -2.19. The molecule has 2 heterocycles. The lowest BCUT2D eigenvalue weighted by Crippen LogP contribution is -2.40. The zero-order chi connectivity index (χ0) is 12.6. The van der Waals surface area contributed by atoms with E-state index in [9.17, 15) is 14.7 Å². The molecule has 0 spiro atoms. The third kappa shape index (κ3) is 2.27. The average molecular weight is 260 g/mol.